The molecule has 7 amide bonds. The van der Waals surface area contributed by atoms with Crippen LogP contribution in [0.5, 0.6) is 0 Å². The number of carbonyl (C=O) groups is 10. The zero-order valence-corrected chi connectivity index (χ0v) is 46.7. The van der Waals surface area contributed by atoms with Crippen molar-refractivity contribution in [3.8, 4) is 0 Å². The second kappa shape index (κ2) is 28.1. The minimum atomic E-state index is -1.72. The number of Topliss-reactive ketones (excluding diaryl/α,β-unsaturated/α-hetero) is 1. The summed E-state index contributed by atoms with van der Waals surface area (Å²) in [5, 5.41) is 30.1. The van der Waals surface area contributed by atoms with E-state index in [1.807, 2.05) is 41.5 Å². The van der Waals surface area contributed by atoms with Crippen LogP contribution in [0.4, 0.5) is 0 Å². The van der Waals surface area contributed by atoms with E-state index in [4.69, 9.17) is 9.47 Å². The maximum atomic E-state index is 14.8. The Hall–Kier alpha value is -5.18. The number of nitrogens with zero attached hydrogens (tertiary/aromatic N) is 4. The van der Waals surface area contributed by atoms with Crippen LogP contribution in [0.25, 0.3) is 0 Å². The van der Waals surface area contributed by atoms with Crippen molar-refractivity contribution in [2.24, 2.45) is 35.5 Å². The highest BCUT2D eigenvalue weighted by Crippen LogP contribution is 2.27. The average molecular weight is 1050 g/mol. The van der Waals surface area contributed by atoms with Gasteiger partial charge >= 0.3 is 11.9 Å². The van der Waals surface area contributed by atoms with E-state index in [0.717, 1.165) is 0 Å². The Morgan fingerprint density at radius 3 is 1.97 bits per heavy atom. The Balaban J connectivity index is 2.22. The summed E-state index contributed by atoms with van der Waals surface area (Å²) in [6.45, 7) is 22.2. The number of cyclic esters (lactones) is 2. The fraction of sp³-hybridized carbons (Fsp3) is 0.811. The van der Waals surface area contributed by atoms with Gasteiger partial charge in [0.2, 0.25) is 35.4 Å². The second-order valence-electron chi connectivity index (χ2n) is 22.5. The van der Waals surface area contributed by atoms with E-state index in [2.05, 4.69) is 16.0 Å². The van der Waals surface area contributed by atoms with Crippen molar-refractivity contribution in [1.82, 2.24) is 35.6 Å². The van der Waals surface area contributed by atoms with Gasteiger partial charge in [-0.05, 0) is 95.3 Å². The van der Waals surface area contributed by atoms with Crippen LogP contribution in [0, 0.1) is 35.5 Å². The van der Waals surface area contributed by atoms with Crippen LogP contribution >= 0.6 is 0 Å². The smallest absolute Gasteiger partial charge is 0.329 e. The number of ketones is 1. The van der Waals surface area contributed by atoms with Gasteiger partial charge in [0.25, 0.3) is 5.91 Å². The summed E-state index contributed by atoms with van der Waals surface area (Å²) in [7, 11) is 2.84. The third-order valence-electron chi connectivity index (χ3n) is 14.6. The Bertz CT molecular complexity index is 2010. The minimum absolute atomic E-state index is 0.0878. The van der Waals surface area contributed by atoms with Gasteiger partial charge in [0, 0.05) is 27.2 Å². The lowest BCUT2D eigenvalue weighted by Crippen LogP contribution is -2.62. The molecule has 0 saturated carbocycles. The quantitative estimate of drug-likeness (QED) is 0.123. The monoisotopic (exact) mass is 1050 g/mol. The van der Waals surface area contributed by atoms with E-state index in [1.165, 1.54) is 54.5 Å². The molecule has 5 N–H and O–H groups in total. The van der Waals surface area contributed by atoms with Crippen LogP contribution in [0.15, 0.2) is 0 Å². The molecule has 13 atom stereocenters. The van der Waals surface area contributed by atoms with Crippen molar-refractivity contribution in [2.45, 2.75) is 215 Å². The molecule has 74 heavy (non-hydrogen) atoms. The average Bonchev–Trinajstić information content (AvgIpc) is 4.03. The molecule has 3 heterocycles. The van der Waals surface area contributed by atoms with Gasteiger partial charge in [-0.3, -0.25) is 43.2 Å². The first-order valence-electron chi connectivity index (χ1n) is 26.8. The molecule has 0 aliphatic carbocycles. The van der Waals surface area contributed by atoms with Crippen LogP contribution in [-0.2, 0) is 57.4 Å². The molecule has 0 aromatic heterocycles. The standard InChI is InChI=1S/C53H89N7O14/c1-16-31(10)42-40(62)26-41(63)74-45(30(8)9)44(64)32(11)46(65)54-35(23-27(2)3)50(69)60-22-18-20-37(60)52(71)58(15)39(25-29(6)7)53(72)73-34(13)43(48(67)55-42)56-47(66)38(24-28(4)5)57(14)51(70)36-19-17-21-59(36)49(68)33(12)61/h27-40,42-43,45,61-62H,16-26H2,1-15H3,(H,54,65)(H,55,67)(H,56,66)/t31-,32-,33-,34-,35+,36-,37-,38+,39-,40+,42+,43+,45+/m0/s1. The van der Waals surface area contributed by atoms with Gasteiger partial charge in [0.1, 0.15) is 48.5 Å². The molecule has 0 radical (unpaired) electrons. The van der Waals surface area contributed by atoms with Crippen LogP contribution < -0.4 is 16.0 Å². The highest BCUT2D eigenvalue weighted by molar-refractivity contribution is 6.05. The van der Waals surface area contributed by atoms with Gasteiger partial charge in [-0.2, -0.15) is 0 Å². The molecule has 0 spiro atoms. The first-order chi connectivity index (χ1) is 34.4. The zero-order chi connectivity index (χ0) is 56.2. The molecular formula is C53H89N7O14. The molecule has 3 saturated heterocycles. The van der Waals surface area contributed by atoms with E-state index in [9.17, 15) is 58.2 Å². The third-order valence-corrected chi connectivity index (χ3v) is 14.6. The number of ether oxygens (including phenoxy) is 2. The van der Waals surface area contributed by atoms with Crippen LogP contribution in [0.3, 0.4) is 0 Å². The van der Waals surface area contributed by atoms with Crippen molar-refractivity contribution in [2.75, 3.05) is 27.2 Å². The topological polar surface area (TPSA) is 279 Å². The lowest BCUT2D eigenvalue weighted by Gasteiger charge is -2.36. The second-order valence-corrected chi connectivity index (χ2v) is 22.5. The number of likely N-dealkylation sites (N-methyl/N-ethyl adjacent to an activating group) is 2. The first-order valence-corrected chi connectivity index (χ1v) is 26.8. The summed E-state index contributed by atoms with van der Waals surface area (Å²) in [5.74, 6) is -10.6. The molecule has 0 aromatic rings. The predicted molar refractivity (Wildman–Crippen MR) is 273 cm³/mol. The summed E-state index contributed by atoms with van der Waals surface area (Å²) < 4.78 is 11.8. The Labute approximate surface area is 438 Å². The van der Waals surface area contributed by atoms with Crippen LogP contribution in [0.1, 0.15) is 148 Å². The molecule has 3 aliphatic heterocycles. The molecule has 0 bridgehead atoms. The first kappa shape index (κ1) is 63.1. The van der Waals surface area contributed by atoms with E-state index < -0.39 is 150 Å². The van der Waals surface area contributed by atoms with Crippen molar-refractivity contribution >= 4 is 59.1 Å². The van der Waals surface area contributed by atoms with Gasteiger partial charge in [0.15, 0.2) is 11.9 Å². The van der Waals surface area contributed by atoms with E-state index >= 15 is 0 Å². The largest absolute Gasteiger partial charge is 0.458 e. The number of aliphatic hydroxyl groups excluding tert-OH is 2. The molecule has 3 aliphatic rings. The van der Waals surface area contributed by atoms with E-state index in [-0.39, 0.29) is 62.9 Å². The third kappa shape index (κ3) is 16.4. The molecule has 3 rings (SSSR count). The zero-order valence-electron chi connectivity index (χ0n) is 46.7. The fourth-order valence-corrected chi connectivity index (χ4v) is 10.0. The van der Waals surface area contributed by atoms with Gasteiger partial charge in [0.05, 0.1) is 24.5 Å². The van der Waals surface area contributed by atoms with Gasteiger partial charge < -0.3 is 55.2 Å². The summed E-state index contributed by atoms with van der Waals surface area (Å²) in [5.41, 5.74) is 0. The number of hydrogen-bond acceptors (Lipinski definition) is 14. The number of hydrogen-bond donors (Lipinski definition) is 5. The molecule has 21 nitrogen and oxygen atoms in total. The van der Waals surface area contributed by atoms with Crippen molar-refractivity contribution in [1.29, 1.82) is 0 Å². The summed E-state index contributed by atoms with van der Waals surface area (Å²) >= 11 is 0. The van der Waals surface area contributed by atoms with Gasteiger partial charge in [-0.25, -0.2) is 4.79 Å². The molecule has 21 heteroatoms. The van der Waals surface area contributed by atoms with E-state index in [0.29, 0.717) is 19.3 Å². The van der Waals surface area contributed by atoms with Crippen molar-refractivity contribution in [3.05, 3.63) is 0 Å². The van der Waals surface area contributed by atoms with Crippen LogP contribution in [0.2, 0.25) is 0 Å². The maximum absolute atomic E-state index is 14.8. The Morgan fingerprint density at radius 2 is 1.42 bits per heavy atom. The Morgan fingerprint density at radius 1 is 0.811 bits per heavy atom. The Kier molecular flexibility index (Phi) is 24.0. The number of esters is 2. The summed E-state index contributed by atoms with van der Waals surface area (Å²) in [6, 6.07) is -8.55. The number of carbonyl (C=O) groups excluding carboxylic acids is 10. The fourth-order valence-electron chi connectivity index (χ4n) is 10.0. The minimum Gasteiger partial charge on any atom is -0.458 e. The number of aliphatic hydroxyl groups is 2. The van der Waals surface area contributed by atoms with Gasteiger partial charge in [-0.1, -0.05) is 75.7 Å². The van der Waals surface area contributed by atoms with Crippen LogP contribution in [-0.4, -0.2) is 183 Å². The molecule has 0 unspecified atom stereocenters. The lowest BCUT2D eigenvalue weighted by molar-refractivity contribution is -0.163. The van der Waals surface area contributed by atoms with Crippen molar-refractivity contribution in [3.63, 3.8) is 0 Å². The maximum Gasteiger partial charge on any atom is 0.329 e. The SMILES string of the molecule is CC[C@H](C)[C@H]1NC(=O)[C@H](NC(=O)[C@@H](CC(C)C)N(C)C(=O)[C@@H]2CCCN2C(=O)[C@H](C)O)[C@H](C)OC(=O)[C@H](CC(C)C)N(C)C(=O)[C@@H]2CCCN2C(=O)[C@@H](CC(C)C)NC(=O)[C@@H](C)C(=O)[C@@H](C(C)C)OC(=O)C[C@H]1O. The summed E-state index contributed by atoms with van der Waals surface area (Å²) in [4.78, 5) is 147. The number of nitrogens with one attached hydrogen (secondary N) is 3. The molecule has 3 fully saturated rings. The number of rotatable bonds is 14. The number of amides is 7. The predicted octanol–water partition coefficient (Wildman–Crippen LogP) is 2.11. The highest BCUT2D eigenvalue weighted by Gasteiger charge is 2.46. The normalized spacial score (nSPS) is 28.9. The highest BCUT2D eigenvalue weighted by atomic mass is 16.6. The lowest BCUT2D eigenvalue weighted by atomic mass is 9.91. The van der Waals surface area contributed by atoms with E-state index in [1.54, 1.807) is 27.7 Å². The summed E-state index contributed by atoms with van der Waals surface area (Å²) in [6.07, 6.45) is -4.48. The van der Waals surface area contributed by atoms with Crippen molar-refractivity contribution < 1.29 is 67.6 Å². The molecule has 420 valence electrons. The van der Waals surface area contributed by atoms with Gasteiger partial charge in [-0.15, -0.1) is 0 Å². The molecule has 0 aromatic carbocycles. The number of likely N-dealkylation sites (tertiary alicyclic amines) is 1. The number of fused-ring (bicyclic) bond motifs is 1. The molecular weight excluding hydrogens is 959 g/mol.